The molecule has 1 N–H and O–H groups in total. The number of esters is 1. The maximum absolute atomic E-state index is 13.6. The Morgan fingerprint density at radius 2 is 0.753 bits per heavy atom. The molecule has 0 bridgehead atoms. The van der Waals surface area contributed by atoms with E-state index in [1.807, 2.05) is 33.3 Å². The van der Waals surface area contributed by atoms with E-state index in [2.05, 4.69) is 135 Å². The summed E-state index contributed by atoms with van der Waals surface area (Å²) in [6.45, 7) is 6.68. The smallest absolute Gasteiger partial charge is 0.306 e. The van der Waals surface area contributed by atoms with E-state index in [0.717, 1.165) is 128 Å². The fraction of sp³-hybridized carbons (Fsp3) is 0.707. The van der Waals surface area contributed by atoms with E-state index >= 15 is 0 Å². The summed E-state index contributed by atoms with van der Waals surface area (Å²) < 4.78 is 30.4. The van der Waals surface area contributed by atoms with E-state index in [-0.39, 0.29) is 24.9 Å². The molecule has 488 valence electrons. The molecule has 0 fully saturated rings. The van der Waals surface area contributed by atoms with Crippen LogP contribution in [0, 0.1) is 0 Å². The Morgan fingerprint density at radius 3 is 1.15 bits per heavy atom. The summed E-state index contributed by atoms with van der Waals surface area (Å²) in [6, 6.07) is -0.907. The largest absolute Gasteiger partial charge is 0.756 e. The van der Waals surface area contributed by atoms with E-state index < -0.39 is 26.6 Å². The minimum absolute atomic E-state index is 0.0322. The van der Waals surface area contributed by atoms with Gasteiger partial charge in [-0.3, -0.25) is 14.2 Å². The first kappa shape index (κ1) is 81.4. The van der Waals surface area contributed by atoms with Gasteiger partial charge in [-0.1, -0.05) is 277 Å². The molecular weight excluding hydrogens is 1070 g/mol. The van der Waals surface area contributed by atoms with Gasteiger partial charge in [-0.2, -0.15) is 0 Å². The third-order valence-corrected chi connectivity index (χ3v) is 15.8. The second-order valence-corrected chi connectivity index (χ2v) is 25.7. The molecule has 85 heavy (non-hydrogen) atoms. The number of hydrogen-bond acceptors (Lipinski definition) is 7. The number of phosphoric acid groups is 1. The number of allylic oxidation sites excluding steroid dienone is 19. The first-order valence-corrected chi connectivity index (χ1v) is 36.3. The van der Waals surface area contributed by atoms with Gasteiger partial charge in [0.25, 0.3) is 7.82 Å². The van der Waals surface area contributed by atoms with Gasteiger partial charge in [0.05, 0.1) is 33.8 Å². The number of amides is 1. The second kappa shape index (κ2) is 63.4. The van der Waals surface area contributed by atoms with Crippen molar-refractivity contribution in [2.75, 3.05) is 40.9 Å². The van der Waals surface area contributed by atoms with Crippen molar-refractivity contribution in [1.29, 1.82) is 0 Å². The highest BCUT2D eigenvalue weighted by atomic mass is 31.2. The number of hydrogen-bond donors (Lipinski definition) is 1. The summed E-state index contributed by atoms with van der Waals surface area (Å²) >= 11 is 0. The van der Waals surface area contributed by atoms with Crippen molar-refractivity contribution in [3.05, 3.63) is 122 Å². The summed E-state index contributed by atoms with van der Waals surface area (Å²) in [5.41, 5.74) is 0. The van der Waals surface area contributed by atoms with Crippen LogP contribution in [0.2, 0.25) is 0 Å². The maximum Gasteiger partial charge on any atom is 0.306 e. The van der Waals surface area contributed by atoms with Crippen molar-refractivity contribution in [2.45, 2.75) is 303 Å². The molecule has 0 spiro atoms. The summed E-state index contributed by atoms with van der Waals surface area (Å²) in [5, 5.41) is 3.03. The fourth-order valence-corrected chi connectivity index (χ4v) is 10.3. The number of phosphoric ester groups is 1. The van der Waals surface area contributed by atoms with Crippen LogP contribution in [0.15, 0.2) is 122 Å². The Bertz CT molecular complexity index is 1870. The number of ether oxygens (including phenoxy) is 1. The molecule has 0 heterocycles. The van der Waals surface area contributed by atoms with Crippen molar-refractivity contribution < 1.29 is 37.3 Å². The molecule has 0 radical (unpaired) electrons. The summed E-state index contributed by atoms with van der Waals surface area (Å²) in [7, 11) is 1.16. The molecule has 0 aromatic carbocycles. The van der Waals surface area contributed by atoms with Crippen molar-refractivity contribution in [1.82, 2.24) is 5.32 Å². The number of nitrogens with zero attached hydrogens (tertiary/aromatic N) is 1. The first-order chi connectivity index (χ1) is 41.4. The van der Waals surface area contributed by atoms with E-state index in [1.165, 1.54) is 122 Å². The number of carbonyl (C=O) groups is 2. The number of quaternary nitrogens is 1. The maximum atomic E-state index is 13.6. The van der Waals surface area contributed by atoms with Crippen LogP contribution in [0.5, 0.6) is 0 Å². The lowest BCUT2D eigenvalue weighted by Gasteiger charge is -2.30. The number of likely N-dealkylation sites (N-methyl/N-ethyl adjacent to an activating group) is 1. The highest BCUT2D eigenvalue weighted by Crippen LogP contribution is 2.38. The SMILES string of the molecule is CC/C=C\C/C=C\C/C=C\C/C=C\C/C=C\CCCCCCCC(=O)OC(/C=C\CCCCCCCCCCC)C(COP(=O)([O-])OCC[N+](C)(C)C)NC(=O)CCCCCCCCCCCCC/C=C\C/C=C\C/C=C\C/C=C\CCCCC. The summed E-state index contributed by atoms with van der Waals surface area (Å²) in [6.07, 6.45) is 88.9. The van der Waals surface area contributed by atoms with Gasteiger partial charge in [-0.25, -0.2) is 0 Å². The van der Waals surface area contributed by atoms with Crippen LogP contribution < -0.4 is 10.2 Å². The molecule has 3 unspecified atom stereocenters. The molecule has 3 atom stereocenters. The quantitative estimate of drug-likeness (QED) is 0.0212. The average molecular weight is 1200 g/mol. The Hall–Kier alpha value is -3.59. The number of rotatable bonds is 62. The fourth-order valence-electron chi connectivity index (χ4n) is 9.53. The molecule has 1 amide bonds. The van der Waals surface area contributed by atoms with Crippen LogP contribution in [-0.4, -0.2) is 69.4 Å². The third kappa shape index (κ3) is 64.7. The van der Waals surface area contributed by atoms with Crippen molar-refractivity contribution in [3.8, 4) is 0 Å². The molecule has 9 nitrogen and oxygen atoms in total. The lowest BCUT2D eigenvalue weighted by atomic mass is 10.0. The number of nitrogens with one attached hydrogen (secondary N) is 1. The zero-order valence-electron chi connectivity index (χ0n) is 55.8. The molecule has 0 aliphatic heterocycles. The molecular formula is C75H131N2O7P. The molecule has 10 heteroatoms. The van der Waals surface area contributed by atoms with E-state index in [4.69, 9.17) is 13.8 Å². The monoisotopic (exact) mass is 1200 g/mol. The van der Waals surface area contributed by atoms with Gasteiger partial charge in [-0.05, 0) is 122 Å². The van der Waals surface area contributed by atoms with Crippen LogP contribution in [0.25, 0.3) is 0 Å². The van der Waals surface area contributed by atoms with Crippen LogP contribution in [0.4, 0.5) is 0 Å². The van der Waals surface area contributed by atoms with Gasteiger partial charge in [0.15, 0.2) is 0 Å². The highest BCUT2D eigenvalue weighted by molar-refractivity contribution is 7.45. The van der Waals surface area contributed by atoms with Gasteiger partial charge >= 0.3 is 5.97 Å². The zero-order chi connectivity index (χ0) is 62.1. The van der Waals surface area contributed by atoms with Crippen molar-refractivity contribution in [2.24, 2.45) is 0 Å². The van der Waals surface area contributed by atoms with Crippen LogP contribution in [-0.2, 0) is 27.9 Å². The van der Waals surface area contributed by atoms with Crippen LogP contribution in [0.1, 0.15) is 290 Å². The number of unbranched alkanes of at least 4 members (excludes halogenated alkanes) is 28. The molecule has 0 aromatic heterocycles. The molecule has 0 rings (SSSR count). The predicted octanol–water partition coefficient (Wildman–Crippen LogP) is 21.6. The molecule has 0 saturated carbocycles. The molecule has 0 saturated heterocycles. The Balaban J connectivity index is 5.09. The van der Waals surface area contributed by atoms with Crippen molar-refractivity contribution >= 4 is 19.7 Å². The van der Waals surface area contributed by atoms with E-state index in [1.54, 1.807) is 0 Å². The van der Waals surface area contributed by atoms with Gasteiger partial charge in [0.1, 0.15) is 19.3 Å². The van der Waals surface area contributed by atoms with Gasteiger partial charge in [0, 0.05) is 12.8 Å². The molecule has 0 aliphatic rings. The highest BCUT2D eigenvalue weighted by Gasteiger charge is 2.27. The third-order valence-electron chi connectivity index (χ3n) is 14.9. The lowest BCUT2D eigenvalue weighted by Crippen LogP contribution is -2.47. The molecule has 0 aliphatic carbocycles. The minimum Gasteiger partial charge on any atom is -0.756 e. The standard InChI is InChI=1S/C75H131N2O7P/c1-7-10-13-16-19-22-25-27-29-31-33-35-36-37-38-39-40-42-43-45-47-49-52-55-58-61-64-67-74(78)76-72(71-83-85(80,81)82-70-69-77(4,5)6)73(66-63-60-57-54-51-24-21-18-15-12-9-3)84-75(79)68-65-62-59-56-53-50-48-46-44-41-34-32-30-28-26-23-20-17-14-11-8-2/h11,14,19-20,22-23,27-30,33-35,37-38,41,46,48,63,66,72-73H,7-10,12-13,15-18,21,24-26,31-32,36,39-40,42-45,47,49-62,64-65,67-71H2,1-6H3,(H-,76,78,80,81)/b14-11-,22-19-,23-20-,29-27-,30-28-,35-33-,38-37-,41-34-,48-46-,66-63-. The normalized spacial score (nSPS) is 14.3. The zero-order valence-corrected chi connectivity index (χ0v) is 56.7. The average Bonchev–Trinajstić information content (AvgIpc) is 3.63. The summed E-state index contributed by atoms with van der Waals surface area (Å²) in [5.74, 6) is -0.570. The Kier molecular flexibility index (Phi) is 60.8. The van der Waals surface area contributed by atoms with Gasteiger partial charge in [-0.15, -0.1) is 0 Å². The Labute approximate surface area is 524 Å². The first-order valence-electron chi connectivity index (χ1n) is 34.8. The van der Waals surface area contributed by atoms with Crippen molar-refractivity contribution in [3.63, 3.8) is 0 Å². The topological polar surface area (TPSA) is 114 Å². The van der Waals surface area contributed by atoms with E-state index in [9.17, 15) is 19.0 Å². The Morgan fingerprint density at radius 1 is 0.424 bits per heavy atom. The van der Waals surface area contributed by atoms with Crippen LogP contribution >= 0.6 is 7.82 Å². The van der Waals surface area contributed by atoms with Crippen LogP contribution in [0.3, 0.4) is 0 Å². The molecule has 0 aromatic rings. The van der Waals surface area contributed by atoms with Gasteiger partial charge < -0.3 is 28.5 Å². The summed E-state index contributed by atoms with van der Waals surface area (Å²) in [4.78, 5) is 40.1. The predicted molar refractivity (Wildman–Crippen MR) is 367 cm³/mol. The number of carbonyl (C=O) groups excluding carboxylic acids is 2. The lowest BCUT2D eigenvalue weighted by molar-refractivity contribution is -0.870. The minimum atomic E-state index is -4.72. The van der Waals surface area contributed by atoms with Gasteiger partial charge in [0.2, 0.25) is 5.91 Å². The second-order valence-electron chi connectivity index (χ2n) is 24.3. The van der Waals surface area contributed by atoms with E-state index in [0.29, 0.717) is 23.9 Å².